The summed E-state index contributed by atoms with van der Waals surface area (Å²) < 4.78 is 0. The average molecular weight is 442 g/mol. The van der Waals surface area contributed by atoms with Crippen molar-refractivity contribution in [2.45, 2.75) is 60.3 Å². The number of nitriles is 1. The first-order valence-electron chi connectivity index (χ1n) is 12.1. The maximum Gasteiger partial charge on any atom is 0.147 e. The van der Waals surface area contributed by atoms with E-state index in [4.69, 9.17) is 4.98 Å². The van der Waals surface area contributed by atoms with Crippen LogP contribution >= 0.6 is 0 Å². The molecule has 0 spiro atoms. The second-order valence-corrected chi connectivity index (χ2v) is 9.34. The van der Waals surface area contributed by atoms with Crippen molar-refractivity contribution in [1.29, 1.82) is 5.26 Å². The van der Waals surface area contributed by atoms with Gasteiger partial charge in [-0.25, -0.2) is 4.98 Å². The van der Waals surface area contributed by atoms with E-state index in [-0.39, 0.29) is 0 Å². The predicted molar refractivity (Wildman–Crippen MR) is 142 cm³/mol. The Morgan fingerprint density at radius 2 is 1.88 bits per heavy atom. The highest BCUT2D eigenvalue weighted by Gasteiger charge is 2.20. The second kappa shape index (κ2) is 12.8. The van der Waals surface area contributed by atoms with Crippen molar-refractivity contribution < 1.29 is 0 Å². The first-order valence-corrected chi connectivity index (χ1v) is 12.1. The standard InChI is InChI=1S/C22H29N3.C8H10/c1-6-12-25(15-16(2)3)22-20(14-23)19(13-21(24-22)17(4)5)18-10-8-7-9-11-18;1-7(2)8-5-3-4-6-8/h7-11,13,16-17H,6,12,15H2,1-5H3;3,5-6H,1,4H2,2H3. The third kappa shape index (κ3) is 7.46. The summed E-state index contributed by atoms with van der Waals surface area (Å²) in [6.45, 7) is 18.6. The fraction of sp³-hybridized carbons (Fsp3) is 0.400. The Morgan fingerprint density at radius 1 is 1.18 bits per heavy atom. The largest absolute Gasteiger partial charge is 0.355 e. The lowest BCUT2D eigenvalue weighted by Crippen LogP contribution is -2.30. The molecule has 2 aromatic rings. The molecule has 3 rings (SSSR count). The highest BCUT2D eigenvalue weighted by Crippen LogP contribution is 2.33. The van der Waals surface area contributed by atoms with Crippen LogP contribution in [0.4, 0.5) is 5.82 Å². The summed E-state index contributed by atoms with van der Waals surface area (Å²) in [5.74, 6) is 1.67. The van der Waals surface area contributed by atoms with Crippen LogP contribution in [-0.4, -0.2) is 18.1 Å². The summed E-state index contributed by atoms with van der Waals surface area (Å²) in [6, 6.07) is 14.7. The van der Waals surface area contributed by atoms with Crippen molar-refractivity contribution >= 4 is 5.82 Å². The van der Waals surface area contributed by atoms with Crippen molar-refractivity contribution in [1.82, 2.24) is 4.98 Å². The molecule has 0 aliphatic heterocycles. The van der Waals surface area contributed by atoms with Gasteiger partial charge < -0.3 is 4.90 Å². The number of rotatable bonds is 8. The molecule has 0 fully saturated rings. The van der Waals surface area contributed by atoms with E-state index < -0.39 is 0 Å². The molecule has 1 aliphatic rings. The fourth-order valence-corrected chi connectivity index (χ4v) is 3.80. The molecule has 0 radical (unpaired) electrons. The van der Waals surface area contributed by atoms with Crippen molar-refractivity contribution in [2.75, 3.05) is 18.0 Å². The molecular formula is C30H39N3. The van der Waals surface area contributed by atoms with Gasteiger partial charge in [0.25, 0.3) is 0 Å². The molecule has 33 heavy (non-hydrogen) atoms. The maximum absolute atomic E-state index is 9.92. The van der Waals surface area contributed by atoms with Gasteiger partial charge in [-0.05, 0) is 48.8 Å². The lowest BCUT2D eigenvalue weighted by molar-refractivity contribution is 0.600. The summed E-state index contributed by atoms with van der Waals surface area (Å²) in [5.41, 5.74) is 6.25. The van der Waals surface area contributed by atoms with Crippen LogP contribution in [0.15, 0.2) is 72.4 Å². The summed E-state index contributed by atoms with van der Waals surface area (Å²) in [7, 11) is 0. The van der Waals surface area contributed by atoms with Crippen molar-refractivity contribution in [2.24, 2.45) is 5.92 Å². The van der Waals surface area contributed by atoms with Gasteiger partial charge in [0.05, 0.1) is 0 Å². The Balaban J connectivity index is 0.000000405. The zero-order chi connectivity index (χ0) is 24.4. The second-order valence-electron chi connectivity index (χ2n) is 9.34. The van der Waals surface area contributed by atoms with Crippen LogP contribution in [0.2, 0.25) is 0 Å². The van der Waals surface area contributed by atoms with E-state index in [0.29, 0.717) is 17.4 Å². The van der Waals surface area contributed by atoms with E-state index >= 15 is 0 Å². The molecule has 0 amide bonds. The lowest BCUT2D eigenvalue weighted by Gasteiger charge is -2.28. The molecule has 0 unspecified atom stereocenters. The Bertz CT molecular complexity index is 1020. The van der Waals surface area contributed by atoms with Crippen LogP contribution < -0.4 is 4.90 Å². The third-order valence-corrected chi connectivity index (χ3v) is 5.45. The lowest BCUT2D eigenvalue weighted by atomic mass is 9.97. The molecule has 3 nitrogen and oxygen atoms in total. The normalized spacial score (nSPS) is 12.3. The van der Waals surface area contributed by atoms with Crippen LogP contribution in [-0.2, 0) is 0 Å². The van der Waals surface area contributed by atoms with Crippen LogP contribution in [0.3, 0.4) is 0 Å². The Hall–Kier alpha value is -3.12. The molecule has 1 heterocycles. The van der Waals surface area contributed by atoms with Gasteiger partial charge in [-0.1, -0.05) is 95.3 Å². The molecule has 1 aromatic carbocycles. The summed E-state index contributed by atoms with van der Waals surface area (Å²) in [6.07, 6.45) is 8.56. The highest BCUT2D eigenvalue weighted by atomic mass is 15.2. The van der Waals surface area contributed by atoms with E-state index in [9.17, 15) is 5.26 Å². The van der Waals surface area contributed by atoms with E-state index in [2.05, 4.69) is 88.6 Å². The molecule has 0 atom stereocenters. The van der Waals surface area contributed by atoms with Crippen LogP contribution in [0.5, 0.6) is 0 Å². The molecule has 0 bridgehead atoms. The SMILES string of the molecule is C=C(C)C1=CCC=C1.CCCN(CC(C)C)c1nc(C(C)C)cc(-c2ccccc2)c1C#N. The Morgan fingerprint density at radius 3 is 2.33 bits per heavy atom. The summed E-state index contributed by atoms with van der Waals surface area (Å²) in [5, 5.41) is 9.92. The molecule has 1 aromatic heterocycles. The number of pyridine rings is 1. The highest BCUT2D eigenvalue weighted by molar-refractivity contribution is 5.77. The smallest absolute Gasteiger partial charge is 0.147 e. The van der Waals surface area contributed by atoms with Crippen molar-refractivity contribution in [3.05, 3.63) is 83.6 Å². The number of benzene rings is 1. The predicted octanol–water partition coefficient (Wildman–Crippen LogP) is 8.06. The average Bonchev–Trinajstić information content (AvgIpc) is 3.34. The van der Waals surface area contributed by atoms with Gasteiger partial charge in [-0.2, -0.15) is 5.26 Å². The molecule has 0 saturated heterocycles. The number of aromatic nitrogens is 1. The zero-order valence-electron chi connectivity index (χ0n) is 21.2. The Labute approximate surface area is 201 Å². The van der Waals surface area contributed by atoms with Gasteiger partial charge >= 0.3 is 0 Å². The quantitative estimate of drug-likeness (QED) is 0.416. The van der Waals surface area contributed by atoms with E-state index in [1.807, 2.05) is 25.1 Å². The number of hydrogen-bond donors (Lipinski definition) is 0. The first-order chi connectivity index (χ1) is 15.8. The van der Waals surface area contributed by atoms with Gasteiger partial charge in [0.2, 0.25) is 0 Å². The van der Waals surface area contributed by atoms with Crippen LogP contribution in [0, 0.1) is 17.2 Å². The molecule has 0 N–H and O–H groups in total. The van der Waals surface area contributed by atoms with Gasteiger partial charge in [-0.3, -0.25) is 0 Å². The first kappa shape index (κ1) is 26.1. The summed E-state index contributed by atoms with van der Waals surface area (Å²) >= 11 is 0. The van der Waals surface area contributed by atoms with Gasteiger partial charge in [-0.15, -0.1) is 0 Å². The zero-order valence-corrected chi connectivity index (χ0v) is 21.2. The topological polar surface area (TPSA) is 39.9 Å². The van der Waals surface area contributed by atoms with Crippen LogP contribution in [0.1, 0.15) is 71.6 Å². The molecule has 1 aliphatic carbocycles. The molecule has 0 saturated carbocycles. The van der Waals surface area contributed by atoms with Crippen molar-refractivity contribution in [3.63, 3.8) is 0 Å². The van der Waals surface area contributed by atoms with Crippen molar-refractivity contribution in [3.8, 4) is 17.2 Å². The minimum absolute atomic E-state index is 0.316. The number of allylic oxidation sites excluding steroid dienone is 5. The number of anilines is 1. The van der Waals surface area contributed by atoms with Crippen LogP contribution in [0.25, 0.3) is 11.1 Å². The molecule has 3 heteroatoms. The monoisotopic (exact) mass is 441 g/mol. The molecular weight excluding hydrogens is 402 g/mol. The summed E-state index contributed by atoms with van der Waals surface area (Å²) in [4.78, 5) is 7.18. The molecule has 174 valence electrons. The van der Waals surface area contributed by atoms with E-state index in [1.165, 1.54) is 11.1 Å². The van der Waals surface area contributed by atoms with E-state index in [1.54, 1.807) is 0 Å². The third-order valence-electron chi connectivity index (χ3n) is 5.45. The van der Waals surface area contributed by atoms with Gasteiger partial charge in [0, 0.05) is 24.3 Å². The number of hydrogen-bond acceptors (Lipinski definition) is 3. The minimum atomic E-state index is 0.316. The number of nitrogens with zero attached hydrogens (tertiary/aromatic N) is 3. The Kier molecular flexibility index (Phi) is 10.1. The minimum Gasteiger partial charge on any atom is -0.355 e. The fourth-order valence-electron chi connectivity index (χ4n) is 3.80. The maximum atomic E-state index is 9.92. The van der Waals surface area contributed by atoms with Gasteiger partial charge in [0.15, 0.2) is 0 Å². The van der Waals surface area contributed by atoms with Gasteiger partial charge in [0.1, 0.15) is 17.5 Å². The van der Waals surface area contributed by atoms with E-state index in [0.717, 1.165) is 48.6 Å².